The Balaban J connectivity index is 2.11. The molecule has 1 N–H and O–H groups in total. The Bertz CT molecular complexity index is 442. The molecule has 1 aliphatic heterocycles. The van der Waals surface area contributed by atoms with Gasteiger partial charge >= 0.3 is 0 Å². The molecule has 0 saturated heterocycles. The van der Waals surface area contributed by atoms with Gasteiger partial charge in [0.1, 0.15) is 5.82 Å². The van der Waals surface area contributed by atoms with E-state index in [1.807, 2.05) is 0 Å². The second kappa shape index (κ2) is 3.77. The summed E-state index contributed by atoms with van der Waals surface area (Å²) in [5.41, 5.74) is 4.09. The number of aromatic nitrogens is 2. The molecular formula is C14H21N3. The lowest BCUT2D eigenvalue weighted by atomic mass is 9.93. The molecule has 1 fully saturated rings. The van der Waals surface area contributed by atoms with E-state index in [0.717, 1.165) is 25.3 Å². The third kappa shape index (κ3) is 2.08. The first-order valence-electron chi connectivity index (χ1n) is 6.66. The van der Waals surface area contributed by atoms with E-state index in [2.05, 4.69) is 26.1 Å². The number of rotatable bonds is 1. The van der Waals surface area contributed by atoms with E-state index in [1.165, 1.54) is 29.8 Å². The molecule has 3 rings (SSSR count). The molecule has 3 nitrogen and oxygen atoms in total. The summed E-state index contributed by atoms with van der Waals surface area (Å²) in [5, 5.41) is 3.44. The monoisotopic (exact) mass is 231 g/mol. The van der Waals surface area contributed by atoms with Gasteiger partial charge < -0.3 is 5.32 Å². The Morgan fingerprint density at radius 1 is 1.18 bits per heavy atom. The molecule has 1 aromatic rings. The van der Waals surface area contributed by atoms with Crippen molar-refractivity contribution < 1.29 is 0 Å². The summed E-state index contributed by atoms with van der Waals surface area (Å²) < 4.78 is 0. The summed E-state index contributed by atoms with van der Waals surface area (Å²) in [6, 6.07) is 0. The zero-order valence-electron chi connectivity index (χ0n) is 11.0. The molecular weight excluding hydrogens is 210 g/mol. The van der Waals surface area contributed by atoms with E-state index < -0.39 is 0 Å². The van der Waals surface area contributed by atoms with Crippen LogP contribution in [0.3, 0.4) is 0 Å². The summed E-state index contributed by atoms with van der Waals surface area (Å²) in [6.07, 6.45) is 3.68. The van der Waals surface area contributed by atoms with Crippen LogP contribution < -0.4 is 5.32 Å². The largest absolute Gasteiger partial charge is 0.312 e. The fourth-order valence-electron chi connectivity index (χ4n) is 2.40. The number of nitrogens with zero attached hydrogens (tertiary/aromatic N) is 2. The summed E-state index contributed by atoms with van der Waals surface area (Å²) in [6.45, 7) is 8.62. The van der Waals surface area contributed by atoms with Crippen LogP contribution in [0.4, 0.5) is 0 Å². The van der Waals surface area contributed by atoms with Crippen molar-refractivity contribution in [2.75, 3.05) is 6.54 Å². The van der Waals surface area contributed by atoms with Gasteiger partial charge in [0.15, 0.2) is 0 Å². The van der Waals surface area contributed by atoms with Crippen LogP contribution >= 0.6 is 0 Å². The SMILES string of the molecule is CC(C)(C)c1nc2c(c(C3CC3)n1)CNCC2. The Morgan fingerprint density at radius 2 is 1.94 bits per heavy atom. The van der Waals surface area contributed by atoms with Crippen molar-refractivity contribution in [1.29, 1.82) is 0 Å². The van der Waals surface area contributed by atoms with Crippen molar-refractivity contribution in [3.8, 4) is 0 Å². The smallest absolute Gasteiger partial charge is 0.134 e. The van der Waals surface area contributed by atoms with Gasteiger partial charge in [-0.25, -0.2) is 9.97 Å². The van der Waals surface area contributed by atoms with Crippen LogP contribution in [0.15, 0.2) is 0 Å². The highest BCUT2D eigenvalue weighted by atomic mass is 15.0. The van der Waals surface area contributed by atoms with Crippen LogP contribution in [-0.4, -0.2) is 16.5 Å². The third-order valence-electron chi connectivity index (χ3n) is 3.60. The molecule has 1 saturated carbocycles. The molecule has 0 radical (unpaired) electrons. The van der Waals surface area contributed by atoms with Crippen LogP contribution in [0.5, 0.6) is 0 Å². The van der Waals surface area contributed by atoms with Gasteiger partial charge in [0.05, 0.1) is 11.4 Å². The van der Waals surface area contributed by atoms with Crippen molar-refractivity contribution in [3.05, 3.63) is 22.8 Å². The highest BCUT2D eigenvalue weighted by molar-refractivity contribution is 5.34. The van der Waals surface area contributed by atoms with Gasteiger partial charge in [0.2, 0.25) is 0 Å². The molecule has 0 aromatic carbocycles. The maximum atomic E-state index is 4.87. The lowest BCUT2D eigenvalue weighted by Crippen LogP contribution is -2.29. The van der Waals surface area contributed by atoms with Gasteiger partial charge in [-0.05, 0) is 12.8 Å². The van der Waals surface area contributed by atoms with Crippen molar-refractivity contribution in [2.45, 2.75) is 57.9 Å². The van der Waals surface area contributed by atoms with E-state index in [9.17, 15) is 0 Å². The van der Waals surface area contributed by atoms with E-state index in [0.29, 0.717) is 5.92 Å². The molecule has 1 aromatic heterocycles. The predicted molar refractivity (Wildman–Crippen MR) is 68.1 cm³/mol. The van der Waals surface area contributed by atoms with E-state index in [4.69, 9.17) is 9.97 Å². The maximum absolute atomic E-state index is 4.87. The average Bonchev–Trinajstić information content (AvgIpc) is 3.10. The second-order valence-corrected chi connectivity index (χ2v) is 6.31. The first kappa shape index (κ1) is 11.1. The number of hydrogen-bond donors (Lipinski definition) is 1. The minimum Gasteiger partial charge on any atom is -0.312 e. The van der Waals surface area contributed by atoms with Crippen LogP contribution in [-0.2, 0) is 18.4 Å². The van der Waals surface area contributed by atoms with E-state index in [1.54, 1.807) is 0 Å². The van der Waals surface area contributed by atoms with Crippen LogP contribution in [0.1, 0.15) is 62.3 Å². The fraction of sp³-hybridized carbons (Fsp3) is 0.714. The van der Waals surface area contributed by atoms with Gasteiger partial charge in [-0.1, -0.05) is 20.8 Å². The third-order valence-corrected chi connectivity index (χ3v) is 3.60. The van der Waals surface area contributed by atoms with Crippen molar-refractivity contribution in [2.24, 2.45) is 0 Å². The minimum absolute atomic E-state index is 0.0591. The van der Waals surface area contributed by atoms with Gasteiger partial charge in [-0.15, -0.1) is 0 Å². The number of nitrogens with one attached hydrogen (secondary N) is 1. The highest BCUT2D eigenvalue weighted by Crippen LogP contribution is 2.42. The summed E-state index contributed by atoms with van der Waals surface area (Å²) in [4.78, 5) is 9.67. The molecule has 0 unspecified atom stereocenters. The van der Waals surface area contributed by atoms with Gasteiger partial charge in [-0.2, -0.15) is 0 Å². The van der Waals surface area contributed by atoms with E-state index >= 15 is 0 Å². The molecule has 3 heteroatoms. The van der Waals surface area contributed by atoms with E-state index in [-0.39, 0.29) is 5.41 Å². The molecule has 2 heterocycles. The Kier molecular flexibility index (Phi) is 2.47. The summed E-state index contributed by atoms with van der Waals surface area (Å²) >= 11 is 0. The Labute approximate surface area is 103 Å². The van der Waals surface area contributed by atoms with Crippen LogP contribution in [0.2, 0.25) is 0 Å². The van der Waals surface area contributed by atoms with Gasteiger partial charge in [0, 0.05) is 36.4 Å². The maximum Gasteiger partial charge on any atom is 0.134 e. The Morgan fingerprint density at radius 3 is 2.59 bits per heavy atom. The lowest BCUT2D eigenvalue weighted by Gasteiger charge is -2.24. The van der Waals surface area contributed by atoms with Gasteiger partial charge in [-0.3, -0.25) is 0 Å². The zero-order chi connectivity index (χ0) is 12.0. The van der Waals surface area contributed by atoms with Crippen LogP contribution in [0, 0.1) is 0 Å². The molecule has 0 amide bonds. The van der Waals surface area contributed by atoms with Crippen molar-refractivity contribution >= 4 is 0 Å². The zero-order valence-corrected chi connectivity index (χ0v) is 11.0. The quantitative estimate of drug-likeness (QED) is 0.806. The summed E-state index contributed by atoms with van der Waals surface area (Å²) in [5.74, 6) is 1.74. The molecule has 1 aliphatic carbocycles. The fourth-order valence-corrected chi connectivity index (χ4v) is 2.40. The number of hydrogen-bond acceptors (Lipinski definition) is 3. The van der Waals surface area contributed by atoms with Crippen LogP contribution in [0.25, 0.3) is 0 Å². The molecule has 2 aliphatic rings. The standard InChI is InChI=1S/C14H21N3/c1-14(2,3)13-16-11-6-7-15-8-10(11)12(17-13)9-4-5-9/h9,15H,4-8H2,1-3H3. The average molecular weight is 231 g/mol. The number of fused-ring (bicyclic) bond motifs is 1. The first-order valence-corrected chi connectivity index (χ1v) is 6.66. The summed E-state index contributed by atoms with van der Waals surface area (Å²) in [7, 11) is 0. The molecule has 17 heavy (non-hydrogen) atoms. The van der Waals surface area contributed by atoms with Gasteiger partial charge in [0.25, 0.3) is 0 Å². The predicted octanol–water partition coefficient (Wildman–Crippen LogP) is 2.30. The topological polar surface area (TPSA) is 37.8 Å². The molecule has 0 bridgehead atoms. The van der Waals surface area contributed by atoms with Crippen molar-refractivity contribution in [3.63, 3.8) is 0 Å². The van der Waals surface area contributed by atoms with Crippen molar-refractivity contribution in [1.82, 2.24) is 15.3 Å². The minimum atomic E-state index is 0.0591. The molecule has 0 spiro atoms. The molecule has 92 valence electrons. The second-order valence-electron chi connectivity index (χ2n) is 6.31. The highest BCUT2D eigenvalue weighted by Gasteiger charge is 2.32. The first-order chi connectivity index (χ1) is 8.05. The normalized spacial score (nSPS) is 20.2. The Hall–Kier alpha value is -0.960. The lowest BCUT2D eigenvalue weighted by molar-refractivity contribution is 0.523. The molecule has 0 atom stereocenters.